The summed E-state index contributed by atoms with van der Waals surface area (Å²) >= 11 is 1.15. The van der Waals surface area contributed by atoms with Crippen molar-refractivity contribution >= 4 is 43.5 Å². The monoisotopic (exact) mass is 385 g/mol. The fourth-order valence-corrected chi connectivity index (χ4v) is 3.88. The second-order valence-electron chi connectivity index (χ2n) is 6.05. The number of aryl methyl sites for hydroxylation is 1. The standard InChI is InChI=1S/C19H13F2N3O2S/c1-10-7-15(25)12-3-2-4-13(21)18(12)24(10)9-17(26)23-19-22-14-6-5-11(20)8-16(14)27-19/h2-8H,9H2,1H3,(H,22,23,26). The molecule has 8 heteroatoms. The lowest BCUT2D eigenvalue weighted by Gasteiger charge is -2.14. The molecule has 0 bridgehead atoms. The molecule has 0 saturated carbocycles. The van der Waals surface area contributed by atoms with E-state index in [4.69, 9.17) is 0 Å². The van der Waals surface area contributed by atoms with E-state index < -0.39 is 11.7 Å². The maximum atomic E-state index is 14.3. The van der Waals surface area contributed by atoms with Crippen molar-refractivity contribution in [2.75, 3.05) is 5.32 Å². The number of benzene rings is 2. The Hall–Kier alpha value is -3.13. The van der Waals surface area contributed by atoms with Crippen LogP contribution < -0.4 is 10.7 Å². The smallest absolute Gasteiger partial charge is 0.246 e. The van der Waals surface area contributed by atoms with Crippen LogP contribution in [0.15, 0.2) is 47.3 Å². The van der Waals surface area contributed by atoms with E-state index in [2.05, 4.69) is 10.3 Å². The van der Waals surface area contributed by atoms with Crippen molar-refractivity contribution in [3.63, 3.8) is 0 Å². The van der Waals surface area contributed by atoms with Crippen LogP contribution >= 0.6 is 11.3 Å². The van der Waals surface area contributed by atoms with Crippen LogP contribution in [0.5, 0.6) is 0 Å². The number of carbonyl (C=O) groups is 1. The van der Waals surface area contributed by atoms with Gasteiger partial charge in [-0.1, -0.05) is 17.4 Å². The average molecular weight is 385 g/mol. The molecule has 4 aromatic rings. The van der Waals surface area contributed by atoms with Crippen LogP contribution in [-0.2, 0) is 11.3 Å². The summed E-state index contributed by atoms with van der Waals surface area (Å²) in [6.45, 7) is 1.45. The van der Waals surface area contributed by atoms with Crippen molar-refractivity contribution in [1.29, 1.82) is 0 Å². The number of aromatic nitrogens is 2. The molecule has 0 saturated heterocycles. The van der Waals surface area contributed by atoms with E-state index >= 15 is 0 Å². The number of hydrogen-bond donors (Lipinski definition) is 1. The zero-order valence-electron chi connectivity index (χ0n) is 14.1. The van der Waals surface area contributed by atoms with E-state index in [1.165, 1.54) is 47.0 Å². The fourth-order valence-electron chi connectivity index (χ4n) is 2.97. The van der Waals surface area contributed by atoms with E-state index in [0.29, 0.717) is 21.0 Å². The number of para-hydroxylation sites is 1. The summed E-state index contributed by atoms with van der Waals surface area (Å²) in [5, 5.41) is 3.19. The van der Waals surface area contributed by atoms with Crippen molar-refractivity contribution in [3.05, 3.63) is 70.0 Å². The molecule has 136 valence electrons. The van der Waals surface area contributed by atoms with Gasteiger partial charge in [-0.05, 0) is 37.3 Å². The third-order valence-electron chi connectivity index (χ3n) is 4.19. The molecule has 4 rings (SSSR count). The van der Waals surface area contributed by atoms with Crippen LogP contribution in [0.4, 0.5) is 13.9 Å². The van der Waals surface area contributed by atoms with Crippen molar-refractivity contribution < 1.29 is 13.6 Å². The Labute approximate surface area is 155 Å². The number of rotatable bonds is 3. The fraction of sp³-hybridized carbons (Fsp3) is 0.105. The highest BCUT2D eigenvalue weighted by Gasteiger charge is 2.15. The summed E-state index contributed by atoms with van der Waals surface area (Å²) in [7, 11) is 0. The topological polar surface area (TPSA) is 64.0 Å². The molecular formula is C19H13F2N3O2S. The van der Waals surface area contributed by atoms with Gasteiger partial charge in [-0.3, -0.25) is 9.59 Å². The molecule has 0 unspecified atom stereocenters. The van der Waals surface area contributed by atoms with E-state index in [1.54, 1.807) is 6.92 Å². The lowest BCUT2D eigenvalue weighted by Crippen LogP contribution is -2.22. The molecule has 0 aliphatic rings. The molecule has 0 spiro atoms. The number of halogens is 2. The zero-order valence-corrected chi connectivity index (χ0v) is 14.9. The number of anilines is 1. The second kappa shape index (κ2) is 6.55. The lowest BCUT2D eigenvalue weighted by atomic mass is 10.1. The Morgan fingerprint density at radius 2 is 2.04 bits per heavy atom. The van der Waals surface area contributed by atoms with Crippen molar-refractivity contribution in [3.8, 4) is 0 Å². The maximum absolute atomic E-state index is 14.3. The molecule has 2 aromatic heterocycles. The largest absolute Gasteiger partial charge is 0.333 e. The minimum absolute atomic E-state index is 0.0871. The second-order valence-corrected chi connectivity index (χ2v) is 7.08. The number of hydrogen-bond acceptors (Lipinski definition) is 4. The normalized spacial score (nSPS) is 11.2. The van der Waals surface area contributed by atoms with Gasteiger partial charge in [0.1, 0.15) is 18.2 Å². The van der Waals surface area contributed by atoms with Gasteiger partial charge in [-0.15, -0.1) is 0 Å². The van der Waals surface area contributed by atoms with Crippen molar-refractivity contribution in [2.45, 2.75) is 13.5 Å². The van der Waals surface area contributed by atoms with Gasteiger partial charge in [0.15, 0.2) is 10.6 Å². The minimum atomic E-state index is -0.573. The molecule has 0 radical (unpaired) electrons. The van der Waals surface area contributed by atoms with E-state index in [-0.39, 0.29) is 28.7 Å². The Kier molecular flexibility index (Phi) is 4.19. The average Bonchev–Trinajstić information content (AvgIpc) is 2.99. The predicted molar refractivity (Wildman–Crippen MR) is 101 cm³/mol. The summed E-state index contributed by atoms with van der Waals surface area (Å²) in [6.07, 6.45) is 0. The number of pyridine rings is 1. The molecule has 2 aromatic carbocycles. The van der Waals surface area contributed by atoms with E-state index in [0.717, 1.165) is 11.3 Å². The first-order valence-corrected chi connectivity index (χ1v) is 8.88. The first-order valence-electron chi connectivity index (χ1n) is 8.07. The van der Waals surface area contributed by atoms with Crippen molar-refractivity contribution in [1.82, 2.24) is 9.55 Å². The molecule has 1 amide bonds. The molecule has 5 nitrogen and oxygen atoms in total. The SMILES string of the molecule is Cc1cc(=O)c2cccc(F)c2n1CC(=O)Nc1nc2ccc(F)cc2s1. The Morgan fingerprint density at radius 1 is 1.22 bits per heavy atom. The summed E-state index contributed by atoms with van der Waals surface area (Å²) < 4.78 is 29.7. The van der Waals surface area contributed by atoms with Gasteiger partial charge in [0.2, 0.25) is 5.91 Å². The third kappa shape index (κ3) is 3.19. The zero-order chi connectivity index (χ0) is 19.1. The van der Waals surface area contributed by atoms with E-state index in [1.807, 2.05) is 0 Å². The summed E-state index contributed by atoms with van der Waals surface area (Å²) in [5.74, 6) is -1.38. The molecular weight excluding hydrogens is 372 g/mol. The molecule has 0 aliphatic heterocycles. The van der Waals surface area contributed by atoms with Crippen LogP contribution in [0.1, 0.15) is 5.69 Å². The number of nitrogens with one attached hydrogen (secondary N) is 1. The quantitative estimate of drug-likeness (QED) is 0.583. The van der Waals surface area contributed by atoms with Crippen LogP contribution in [0.2, 0.25) is 0 Å². The minimum Gasteiger partial charge on any atom is -0.333 e. The van der Waals surface area contributed by atoms with Gasteiger partial charge >= 0.3 is 0 Å². The van der Waals surface area contributed by atoms with Gasteiger partial charge in [-0.25, -0.2) is 13.8 Å². The van der Waals surface area contributed by atoms with Crippen LogP contribution in [0, 0.1) is 18.6 Å². The van der Waals surface area contributed by atoms with E-state index in [9.17, 15) is 18.4 Å². The summed E-state index contributed by atoms with van der Waals surface area (Å²) in [6, 6.07) is 9.78. The maximum Gasteiger partial charge on any atom is 0.246 e. The van der Waals surface area contributed by atoms with Gasteiger partial charge in [-0.2, -0.15) is 0 Å². The molecule has 0 atom stereocenters. The van der Waals surface area contributed by atoms with Gasteiger partial charge in [0.25, 0.3) is 0 Å². The Balaban J connectivity index is 1.67. The lowest BCUT2D eigenvalue weighted by molar-refractivity contribution is -0.116. The Bertz CT molecular complexity index is 1260. The summed E-state index contributed by atoms with van der Waals surface area (Å²) in [5.41, 5.74) is 0.836. The van der Waals surface area contributed by atoms with Crippen LogP contribution in [0.3, 0.4) is 0 Å². The highest BCUT2D eigenvalue weighted by Crippen LogP contribution is 2.26. The predicted octanol–water partition coefficient (Wildman–Crippen LogP) is 3.84. The van der Waals surface area contributed by atoms with Gasteiger partial charge in [0.05, 0.1) is 15.7 Å². The number of thiazole rings is 1. The van der Waals surface area contributed by atoms with Crippen molar-refractivity contribution in [2.24, 2.45) is 0 Å². The van der Waals surface area contributed by atoms with Crippen LogP contribution in [0.25, 0.3) is 21.1 Å². The Morgan fingerprint density at radius 3 is 2.85 bits per heavy atom. The highest BCUT2D eigenvalue weighted by atomic mass is 32.1. The number of carbonyl (C=O) groups excluding carboxylic acids is 1. The summed E-state index contributed by atoms with van der Waals surface area (Å²) in [4.78, 5) is 28.8. The van der Waals surface area contributed by atoms with Gasteiger partial charge < -0.3 is 9.88 Å². The number of nitrogens with zero attached hydrogens (tertiary/aromatic N) is 2. The first kappa shape index (κ1) is 17.3. The molecule has 0 fully saturated rings. The van der Waals surface area contributed by atoms with Crippen LogP contribution in [-0.4, -0.2) is 15.5 Å². The molecule has 2 heterocycles. The highest BCUT2D eigenvalue weighted by molar-refractivity contribution is 7.22. The molecule has 1 N–H and O–H groups in total. The molecule has 27 heavy (non-hydrogen) atoms. The first-order chi connectivity index (χ1) is 12.9. The number of fused-ring (bicyclic) bond motifs is 2. The van der Waals surface area contributed by atoms with Gasteiger partial charge in [0, 0.05) is 17.1 Å². The third-order valence-corrected chi connectivity index (χ3v) is 5.12. The number of amides is 1. The molecule has 0 aliphatic carbocycles.